The fourth-order valence-corrected chi connectivity index (χ4v) is 4.62. The summed E-state index contributed by atoms with van der Waals surface area (Å²) >= 11 is 7.82. The third kappa shape index (κ3) is 5.87. The van der Waals surface area contributed by atoms with E-state index in [1.54, 1.807) is 0 Å². The van der Waals surface area contributed by atoms with Gasteiger partial charge in [0.1, 0.15) is 0 Å². The van der Waals surface area contributed by atoms with Crippen molar-refractivity contribution in [3.05, 3.63) is 110 Å². The first-order valence-electron chi connectivity index (χ1n) is 10.7. The summed E-state index contributed by atoms with van der Waals surface area (Å²) < 4.78 is 1.88. The number of non-ortho nitro benzene ring substituents is 1. The molecule has 4 rings (SSSR count). The molecule has 1 amide bonds. The van der Waals surface area contributed by atoms with E-state index in [1.165, 1.54) is 41.6 Å². The molecule has 0 saturated carbocycles. The maximum absolute atomic E-state index is 12.7. The molecular formula is C25H22ClN5O3S. The largest absolute Gasteiger partial charge is 0.345 e. The summed E-state index contributed by atoms with van der Waals surface area (Å²) in [5.41, 5.74) is 4.17. The monoisotopic (exact) mass is 507 g/mol. The molecule has 3 aromatic carbocycles. The molecule has 10 heteroatoms. The van der Waals surface area contributed by atoms with Gasteiger partial charge in [0, 0.05) is 28.5 Å². The van der Waals surface area contributed by atoms with Crippen LogP contribution in [0.4, 0.5) is 5.69 Å². The number of aryl methyl sites for hydroxylation is 2. The minimum Gasteiger partial charge on any atom is -0.345 e. The first-order valence-corrected chi connectivity index (χ1v) is 12.1. The number of carbonyl (C=O) groups excluding carboxylic acids is 1. The van der Waals surface area contributed by atoms with E-state index in [2.05, 4.69) is 27.6 Å². The van der Waals surface area contributed by atoms with Gasteiger partial charge < -0.3 is 5.32 Å². The maximum atomic E-state index is 12.7. The van der Waals surface area contributed by atoms with Gasteiger partial charge in [-0.05, 0) is 43.2 Å². The van der Waals surface area contributed by atoms with Crippen molar-refractivity contribution >= 4 is 35.0 Å². The molecule has 0 fully saturated rings. The molecule has 0 saturated heterocycles. The van der Waals surface area contributed by atoms with Gasteiger partial charge in [-0.1, -0.05) is 65.3 Å². The maximum Gasteiger partial charge on any atom is 0.270 e. The number of hydrogen-bond acceptors (Lipinski definition) is 6. The van der Waals surface area contributed by atoms with Gasteiger partial charge in [-0.25, -0.2) is 0 Å². The number of hydrogen-bond donors (Lipinski definition) is 1. The van der Waals surface area contributed by atoms with Crippen LogP contribution in [0, 0.1) is 24.0 Å². The SMILES string of the molecule is Cc1cccc(CSc2nnc(CNC(=O)c3cccc([N+](=O)[O-])c3)n2-c2cc(Cl)ccc2C)c1. The Morgan fingerprint density at radius 3 is 2.66 bits per heavy atom. The molecule has 0 aliphatic rings. The number of benzene rings is 3. The predicted octanol–water partition coefficient (Wildman–Crippen LogP) is 5.67. The Balaban J connectivity index is 1.61. The number of nitrogens with one attached hydrogen (secondary N) is 1. The van der Waals surface area contributed by atoms with Crippen LogP contribution >= 0.6 is 23.4 Å². The van der Waals surface area contributed by atoms with Crippen LogP contribution in [0.2, 0.25) is 5.02 Å². The lowest BCUT2D eigenvalue weighted by molar-refractivity contribution is -0.384. The number of halogens is 1. The zero-order chi connectivity index (χ0) is 24.9. The van der Waals surface area contributed by atoms with E-state index in [0.29, 0.717) is 21.8 Å². The molecule has 0 atom stereocenters. The molecular weight excluding hydrogens is 486 g/mol. The summed E-state index contributed by atoms with van der Waals surface area (Å²) in [6, 6.07) is 19.4. The molecule has 0 unspecified atom stereocenters. The van der Waals surface area contributed by atoms with Crippen LogP contribution < -0.4 is 5.32 Å². The van der Waals surface area contributed by atoms with Crippen molar-refractivity contribution in [2.24, 2.45) is 0 Å². The molecule has 0 aliphatic carbocycles. The lowest BCUT2D eigenvalue weighted by atomic mass is 10.2. The van der Waals surface area contributed by atoms with Gasteiger partial charge in [-0.15, -0.1) is 10.2 Å². The van der Waals surface area contributed by atoms with Gasteiger partial charge in [-0.2, -0.15) is 0 Å². The normalized spacial score (nSPS) is 10.8. The van der Waals surface area contributed by atoms with Crippen LogP contribution in [0.5, 0.6) is 0 Å². The highest BCUT2D eigenvalue weighted by Crippen LogP contribution is 2.28. The molecule has 1 heterocycles. The van der Waals surface area contributed by atoms with Crippen LogP contribution in [0.1, 0.15) is 32.9 Å². The van der Waals surface area contributed by atoms with Crippen molar-refractivity contribution in [2.75, 3.05) is 0 Å². The summed E-state index contributed by atoms with van der Waals surface area (Å²) in [6.07, 6.45) is 0. The van der Waals surface area contributed by atoms with Crippen molar-refractivity contribution < 1.29 is 9.72 Å². The number of nitrogens with zero attached hydrogens (tertiary/aromatic N) is 4. The second-order valence-corrected chi connectivity index (χ2v) is 9.31. The number of thioether (sulfide) groups is 1. The topological polar surface area (TPSA) is 103 Å². The first kappa shape index (κ1) is 24.4. The number of aromatic nitrogens is 3. The fourth-order valence-electron chi connectivity index (χ4n) is 3.55. The Morgan fingerprint density at radius 1 is 1.09 bits per heavy atom. The quantitative estimate of drug-likeness (QED) is 0.187. The van der Waals surface area contributed by atoms with E-state index >= 15 is 0 Å². The van der Waals surface area contributed by atoms with Gasteiger partial charge in [0.25, 0.3) is 11.6 Å². The average molecular weight is 508 g/mol. The van der Waals surface area contributed by atoms with E-state index in [-0.39, 0.29) is 17.8 Å². The van der Waals surface area contributed by atoms with Crippen molar-refractivity contribution in [3.63, 3.8) is 0 Å². The Kier molecular flexibility index (Phi) is 7.48. The molecule has 0 spiro atoms. The van der Waals surface area contributed by atoms with Crippen LogP contribution in [-0.4, -0.2) is 25.6 Å². The number of nitro groups is 1. The van der Waals surface area contributed by atoms with Crippen molar-refractivity contribution in [1.29, 1.82) is 0 Å². The minimum absolute atomic E-state index is 0.0749. The van der Waals surface area contributed by atoms with Crippen LogP contribution in [-0.2, 0) is 12.3 Å². The molecule has 1 aromatic heterocycles. The highest BCUT2D eigenvalue weighted by atomic mass is 35.5. The predicted molar refractivity (Wildman–Crippen MR) is 136 cm³/mol. The minimum atomic E-state index is -0.535. The van der Waals surface area contributed by atoms with Crippen LogP contribution in [0.25, 0.3) is 5.69 Å². The van der Waals surface area contributed by atoms with Crippen molar-refractivity contribution in [3.8, 4) is 5.69 Å². The van der Waals surface area contributed by atoms with Gasteiger partial charge in [0.2, 0.25) is 0 Å². The highest BCUT2D eigenvalue weighted by Gasteiger charge is 2.18. The third-order valence-electron chi connectivity index (χ3n) is 5.29. The lowest BCUT2D eigenvalue weighted by Gasteiger charge is -2.14. The molecule has 1 N–H and O–H groups in total. The van der Waals surface area contributed by atoms with E-state index < -0.39 is 10.8 Å². The van der Waals surface area contributed by atoms with Crippen LogP contribution in [0.3, 0.4) is 0 Å². The number of amides is 1. The summed E-state index contributed by atoms with van der Waals surface area (Å²) in [5, 5.41) is 23.8. The van der Waals surface area contributed by atoms with Gasteiger partial charge in [0.15, 0.2) is 11.0 Å². The fraction of sp³-hybridized carbons (Fsp3) is 0.160. The lowest BCUT2D eigenvalue weighted by Crippen LogP contribution is -2.24. The second kappa shape index (κ2) is 10.7. The Morgan fingerprint density at radius 2 is 1.89 bits per heavy atom. The van der Waals surface area contributed by atoms with Gasteiger partial charge in [-0.3, -0.25) is 19.5 Å². The number of carbonyl (C=O) groups is 1. The molecule has 8 nitrogen and oxygen atoms in total. The molecule has 4 aromatic rings. The molecule has 0 radical (unpaired) electrons. The Bertz CT molecular complexity index is 1410. The standard InChI is InChI=1S/C25H22ClN5O3S/c1-16-5-3-6-18(11-16)15-35-25-29-28-23(30(25)22-13-20(26)10-9-17(22)2)14-27-24(32)19-7-4-8-21(12-19)31(33)34/h3-13H,14-15H2,1-2H3,(H,27,32). The third-order valence-corrected chi connectivity index (χ3v) is 6.52. The first-order chi connectivity index (χ1) is 16.8. The average Bonchev–Trinajstić information content (AvgIpc) is 3.25. The van der Waals surface area contributed by atoms with Crippen molar-refractivity contribution in [2.45, 2.75) is 31.3 Å². The highest BCUT2D eigenvalue weighted by molar-refractivity contribution is 7.98. The van der Waals surface area contributed by atoms with E-state index in [1.807, 2.05) is 48.7 Å². The summed E-state index contributed by atoms with van der Waals surface area (Å²) in [4.78, 5) is 23.2. The molecule has 0 bridgehead atoms. The summed E-state index contributed by atoms with van der Waals surface area (Å²) in [7, 11) is 0. The van der Waals surface area contributed by atoms with Crippen molar-refractivity contribution in [1.82, 2.24) is 20.1 Å². The van der Waals surface area contributed by atoms with Gasteiger partial charge >= 0.3 is 0 Å². The summed E-state index contributed by atoms with van der Waals surface area (Å²) in [5.74, 6) is 0.764. The van der Waals surface area contributed by atoms with E-state index in [9.17, 15) is 14.9 Å². The number of nitro benzene ring substituents is 1. The molecule has 35 heavy (non-hydrogen) atoms. The second-order valence-electron chi connectivity index (χ2n) is 7.93. The number of rotatable bonds is 8. The zero-order valence-electron chi connectivity index (χ0n) is 19.1. The van der Waals surface area contributed by atoms with E-state index in [0.717, 1.165) is 16.8 Å². The zero-order valence-corrected chi connectivity index (χ0v) is 20.6. The summed E-state index contributed by atoms with van der Waals surface area (Å²) in [6.45, 7) is 4.09. The smallest absolute Gasteiger partial charge is 0.270 e. The molecule has 178 valence electrons. The Hall–Kier alpha value is -3.69. The van der Waals surface area contributed by atoms with E-state index in [4.69, 9.17) is 11.6 Å². The Labute approximate surface area is 211 Å². The molecule has 0 aliphatic heterocycles. The van der Waals surface area contributed by atoms with Crippen LogP contribution in [0.15, 0.2) is 71.9 Å². The van der Waals surface area contributed by atoms with Gasteiger partial charge in [0.05, 0.1) is 17.2 Å².